The number of rotatable bonds is 5. The van der Waals surface area contributed by atoms with Crippen molar-refractivity contribution in [3.05, 3.63) is 35.9 Å². The van der Waals surface area contributed by atoms with Crippen LogP contribution >= 0.6 is 0 Å². The summed E-state index contributed by atoms with van der Waals surface area (Å²) in [6.45, 7) is 7.98. The van der Waals surface area contributed by atoms with Gasteiger partial charge in [0, 0.05) is 37.1 Å². The second kappa shape index (κ2) is 7.18. The minimum Gasteiger partial charge on any atom is -0.481 e. The first-order chi connectivity index (χ1) is 11.7. The molecule has 0 saturated carbocycles. The number of carbonyl (C=O) groups is 1. The van der Waals surface area contributed by atoms with Gasteiger partial charge in [0.15, 0.2) is 0 Å². The highest BCUT2D eigenvalue weighted by atomic mass is 16.5. The first-order valence-electron chi connectivity index (χ1n) is 8.65. The van der Waals surface area contributed by atoms with E-state index in [4.69, 9.17) is 4.74 Å². The topological polar surface area (TPSA) is 45.7 Å². The molecule has 0 aliphatic carbocycles. The van der Waals surface area contributed by atoms with Crippen LogP contribution in [0.4, 0.5) is 0 Å². The number of amides is 1. The Bertz CT molecular complexity index is 732. The van der Waals surface area contributed by atoms with Crippen molar-refractivity contribution in [1.29, 1.82) is 0 Å². The fourth-order valence-corrected chi connectivity index (χ4v) is 3.51. The second-order valence-electron chi connectivity index (χ2n) is 6.16. The average molecular weight is 327 g/mol. The Morgan fingerprint density at radius 2 is 2.17 bits per heavy atom. The summed E-state index contributed by atoms with van der Waals surface area (Å²) in [5, 5.41) is 0.882. The van der Waals surface area contributed by atoms with Crippen LogP contribution in [0.5, 0.6) is 5.88 Å². The molecular formula is C19H25N3O2. The van der Waals surface area contributed by atoms with Gasteiger partial charge >= 0.3 is 0 Å². The van der Waals surface area contributed by atoms with E-state index in [9.17, 15) is 4.79 Å². The molecule has 0 spiro atoms. The van der Waals surface area contributed by atoms with Crippen LogP contribution in [0.1, 0.15) is 30.6 Å². The number of para-hydroxylation sites is 1. The molecule has 1 fully saturated rings. The summed E-state index contributed by atoms with van der Waals surface area (Å²) in [6, 6.07) is 9.78. The van der Waals surface area contributed by atoms with Gasteiger partial charge in [-0.1, -0.05) is 25.1 Å². The number of benzene rings is 1. The summed E-state index contributed by atoms with van der Waals surface area (Å²) in [7, 11) is 1.58. The van der Waals surface area contributed by atoms with E-state index >= 15 is 0 Å². The van der Waals surface area contributed by atoms with Crippen molar-refractivity contribution in [3.8, 4) is 5.88 Å². The predicted molar refractivity (Wildman–Crippen MR) is 95.5 cm³/mol. The highest BCUT2D eigenvalue weighted by Crippen LogP contribution is 2.25. The summed E-state index contributed by atoms with van der Waals surface area (Å²) in [6.07, 6.45) is 1.04. The Hall–Kier alpha value is -2.14. The van der Waals surface area contributed by atoms with Gasteiger partial charge in [0.1, 0.15) is 0 Å². The number of aromatic nitrogens is 1. The van der Waals surface area contributed by atoms with Crippen molar-refractivity contribution in [3.63, 3.8) is 0 Å². The molecular weight excluding hydrogens is 302 g/mol. The monoisotopic (exact) mass is 327 g/mol. The maximum atomic E-state index is 13.3. The minimum absolute atomic E-state index is 0.0670. The number of ether oxygens (including phenoxy) is 1. The number of likely N-dealkylation sites (N-methyl/N-ethyl adjacent to an activating group) is 2. The highest BCUT2D eigenvalue weighted by Gasteiger charge is 2.30. The van der Waals surface area contributed by atoms with Crippen LogP contribution in [0.3, 0.4) is 0 Å². The van der Waals surface area contributed by atoms with Gasteiger partial charge in [0.25, 0.3) is 5.91 Å². The van der Waals surface area contributed by atoms with Crippen LogP contribution in [0.2, 0.25) is 0 Å². The molecule has 0 N–H and O–H groups in total. The summed E-state index contributed by atoms with van der Waals surface area (Å²) in [5.41, 5.74) is 1.46. The Balaban J connectivity index is 1.97. The first-order valence-corrected chi connectivity index (χ1v) is 8.65. The molecule has 1 amide bonds. The van der Waals surface area contributed by atoms with Gasteiger partial charge in [0.2, 0.25) is 5.88 Å². The maximum absolute atomic E-state index is 13.3. The Labute approximate surface area is 143 Å². The third kappa shape index (κ3) is 3.08. The van der Waals surface area contributed by atoms with Gasteiger partial charge in [-0.05, 0) is 26.0 Å². The lowest BCUT2D eigenvalue weighted by Gasteiger charge is -2.28. The molecule has 2 heterocycles. The summed E-state index contributed by atoms with van der Waals surface area (Å²) >= 11 is 0. The fraction of sp³-hybridized carbons (Fsp3) is 0.474. The molecule has 1 aliphatic rings. The van der Waals surface area contributed by atoms with Crippen molar-refractivity contribution < 1.29 is 9.53 Å². The van der Waals surface area contributed by atoms with E-state index in [1.54, 1.807) is 13.2 Å². The molecule has 0 radical (unpaired) electrons. The van der Waals surface area contributed by atoms with Crippen LogP contribution in [0, 0.1) is 0 Å². The second-order valence-corrected chi connectivity index (χ2v) is 6.16. The summed E-state index contributed by atoms with van der Waals surface area (Å²) in [5.74, 6) is 0.548. The molecule has 0 bridgehead atoms. The summed E-state index contributed by atoms with van der Waals surface area (Å²) < 4.78 is 5.30. The number of methoxy groups -OCH3 is 1. The standard InChI is InChI=1S/C19H25N3O2/c1-4-21-11-10-14(13-21)22(5-2)19(23)16-12-18(24-3)20-17-9-7-6-8-15(16)17/h6-9,12,14H,4-5,10-11,13H2,1-3H3. The van der Waals surface area contributed by atoms with Gasteiger partial charge < -0.3 is 14.5 Å². The lowest BCUT2D eigenvalue weighted by atomic mass is 10.1. The molecule has 2 aromatic rings. The largest absolute Gasteiger partial charge is 0.481 e. The van der Waals surface area contributed by atoms with Gasteiger partial charge in [-0.2, -0.15) is 0 Å². The van der Waals surface area contributed by atoms with Gasteiger partial charge in [-0.25, -0.2) is 4.98 Å². The number of fused-ring (bicyclic) bond motifs is 1. The third-order valence-corrected chi connectivity index (χ3v) is 4.87. The zero-order chi connectivity index (χ0) is 17.1. The zero-order valence-electron chi connectivity index (χ0n) is 14.7. The van der Waals surface area contributed by atoms with E-state index in [-0.39, 0.29) is 11.9 Å². The number of likely N-dealkylation sites (tertiary alicyclic amines) is 1. The molecule has 1 unspecified atom stereocenters. The Kier molecular flexibility index (Phi) is 5.00. The minimum atomic E-state index is 0.0670. The smallest absolute Gasteiger partial charge is 0.255 e. The number of carbonyl (C=O) groups excluding carboxylic acids is 1. The molecule has 24 heavy (non-hydrogen) atoms. The molecule has 1 saturated heterocycles. The molecule has 1 aromatic heterocycles. The lowest BCUT2D eigenvalue weighted by Crippen LogP contribution is -2.42. The Morgan fingerprint density at radius 1 is 1.38 bits per heavy atom. The highest BCUT2D eigenvalue weighted by molar-refractivity contribution is 6.06. The van der Waals surface area contributed by atoms with E-state index in [1.807, 2.05) is 36.1 Å². The van der Waals surface area contributed by atoms with Crippen LogP contribution < -0.4 is 4.74 Å². The van der Waals surface area contributed by atoms with Gasteiger partial charge in [-0.3, -0.25) is 4.79 Å². The van der Waals surface area contributed by atoms with Gasteiger partial charge in [-0.15, -0.1) is 0 Å². The third-order valence-electron chi connectivity index (χ3n) is 4.87. The van der Waals surface area contributed by atoms with E-state index < -0.39 is 0 Å². The van der Waals surface area contributed by atoms with Crippen molar-refractivity contribution in [1.82, 2.24) is 14.8 Å². The maximum Gasteiger partial charge on any atom is 0.255 e. The van der Waals surface area contributed by atoms with E-state index in [0.29, 0.717) is 18.0 Å². The number of nitrogens with zero attached hydrogens (tertiary/aromatic N) is 3. The molecule has 5 heteroatoms. The van der Waals surface area contributed by atoms with E-state index in [0.717, 1.165) is 37.0 Å². The number of pyridine rings is 1. The number of hydrogen-bond acceptors (Lipinski definition) is 4. The normalized spacial score (nSPS) is 18.0. The molecule has 1 aliphatic heterocycles. The fourth-order valence-electron chi connectivity index (χ4n) is 3.51. The first kappa shape index (κ1) is 16.7. The number of hydrogen-bond donors (Lipinski definition) is 0. The lowest BCUT2D eigenvalue weighted by molar-refractivity contribution is 0.0696. The molecule has 1 atom stereocenters. The molecule has 3 rings (SSSR count). The van der Waals surface area contributed by atoms with Crippen molar-refractivity contribution in [2.24, 2.45) is 0 Å². The van der Waals surface area contributed by atoms with Crippen LogP contribution in [0.15, 0.2) is 30.3 Å². The van der Waals surface area contributed by atoms with Crippen molar-refractivity contribution in [2.75, 3.05) is 33.3 Å². The predicted octanol–water partition coefficient (Wildman–Crippen LogP) is 2.80. The van der Waals surface area contributed by atoms with E-state index in [1.165, 1.54) is 0 Å². The van der Waals surface area contributed by atoms with Gasteiger partial charge in [0.05, 0.1) is 18.2 Å². The van der Waals surface area contributed by atoms with Crippen LogP contribution in [-0.2, 0) is 0 Å². The summed E-state index contributed by atoms with van der Waals surface area (Å²) in [4.78, 5) is 22.1. The SMILES string of the molecule is CCN1CCC(N(CC)C(=O)c2cc(OC)nc3ccccc23)C1. The zero-order valence-corrected chi connectivity index (χ0v) is 14.7. The van der Waals surface area contributed by atoms with Crippen LogP contribution in [-0.4, -0.2) is 60.0 Å². The Morgan fingerprint density at radius 3 is 2.83 bits per heavy atom. The quantitative estimate of drug-likeness (QED) is 0.847. The average Bonchev–Trinajstić information content (AvgIpc) is 3.10. The van der Waals surface area contributed by atoms with Crippen molar-refractivity contribution >= 4 is 16.8 Å². The molecule has 5 nitrogen and oxygen atoms in total. The molecule has 128 valence electrons. The van der Waals surface area contributed by atoms with Crippen LogP contribution in [0.25, 0.3) is 10.9 Å². The van der Waals surface area contributed by atoms with E-state index in [2.05, 4.69) is 16.8 Å². The molecule has 1 aromatic carbocycles. The van der Waals surface area contributed by atoms with Crippen molar-refractivity contribution in [2.45, 2.75) is 26.3 Å².